The number of carbonyl (C=O) groups excluding carboxylic acids is 1. The number of nitrogens with zero attached hydrogens (tertiary/aromatic N) is 1. The van der Waals surface area contributed by atoms with E-state index in [4.69, 9.17) is 4.42 Å². The number of nitrogens with one attached hydrogen (secondary N) is 1. The van der Waals surface area contributed by atoms with Crippen LogP contribution in [-0.4, -0.2) is 10.9 Å². The minimum absolute atomic E-state index is 0.194. The maximum absolute atomic E-state index is 12.9. The fourth-order valence-electron chi connectivity index (χ4n) is 3.25. The number of anilines is 1. The lowest BCUT2D eigenvalue weighted by Gasteiger charge is -2.10. The van der Waals surface area contributed by atoms with E-state index in [1.54, 1.807) is 12.3 Å². The number of amides is 1. The number of rotatable bonds is 4. The molecule has 0 aliphatic rings. The summed E-state index contributed by atoms with van der Waals surface area (Å²) >= 11 is 0. The molecule has 138 valence electrons. The Hall–Kier alpha value is -3.66. The molecule has 0 bridgehead atoms. The predicted molar refractivity (Wildman–Crippen MR) is 111 cm³/mol. The lowest BCUT2D eigenvalue weighted by atomic mass is 10.1. The Morgan fingerprint density at radius 3 is 2.32 bits per heavy atom. The van der Waals surface area contributed by atoms with Gasteiger partial charge >= 0.3 is 0 Å². The molecule has 0 spiro atoms. The quantitative estimate of drug-likeness (QED) is 0.489. The SMILES string of the molecule is Cc1cc(C)cc(NC(=O)c2ccccc2-c2ncc(-c3ccccc3)o2)c1. The first kappa shape index (κ1) is 17.7. The molecule has 0 radical (unpaired) electrons. The zero-order valence-electron chi connectivity index (χ0n) is 15.8. The van der Waals surface area contributed by atoms with Gasteiger partial charge in [0, 0.05) is 16.8 Å². The van der Waals surface area contributed by atoms with Gasteiger partial charge < -0.3 is 9.73 Å². The molecule has 3 aromatic carbocycles. The van der Waals surface area contributed by atoms with E-state index >= 15 is 0 Å². The fourth-order valence-corrected chi connectivity index (χ4v) is 3.25. The molecule has 0 atom stereocenters. The Bertz CT molecular complexity index is 1110. The van der Waals surface area contributed by atoms with Crippen molar-refractivity contribution < 1.29 is 9.21 Å². The van der Waals surface area contributed by atoms with E-state index in [2.05, 4.69) is 16.4 Å². The molecule has 4 nitrogen and oxygen atoms in total. The molecule has 1 N–H and O–H groups in total. The molecule has 1 amide bonds. The minimum atomic E-state index is -0.194. The highest BCUT2D eigenvalue weighted by atomic mass is 16.4. The number of hydrogen-bond donors (Lipinski definition) is 1. The van der Waals surface area contributed by atoms with Crippen LogP contribution in [0.1, 0.15) is 21.5 Å². The standard InChI is InChI=1S/C24H20N2O2/c1-16-12-17(2)14-19(13-16)26-23(27)20-10-6-7-11-21(20)24-25-15-22(28-24)18-8-4-3-5-9-18/h3-15H,1-2H3,(H,26,27). The second-order valence-electron chi connectivity index (χ2n) is 6.77. The summed E-state index contributed by atoms with van der Waals surface area (Å²) < 4.78 is 5.94. The van der Waals surface area contributed by atoms with Crippen molar-refractivity contribution in [2.45, 2.75) is 13.8 Å². The van der Waals surface area contributed by atoms with Crippen LogP contribution in [-0.2, 0) is 0 Å². The van der Waals surface area contributed by atoms with Gasteiger partial charge in [0.15, 0.2) is 5.76 Å². The largest absolute Gasteiger partial charge is 0.436 e. The van der Waals surface area contributed by atoms with Crippen molar-refractivity contribution in [1.82, 2.24) is 4.98 Å². The van der Waals surface area contributed by atoms with E-state index in [9.17, 15) is 4.79 Å². The van der Waals surface area contributed by atoms with E-state index in [1.165, 1.54) is 0 Å². The summed E-state index contributed by atoms with van der Waals surface area (Å²) in [6.45, 7) is 4.02. The Kier molecular flexibility index (Phi) is 4.77. The lowest BCUT2D eigenvalue weighted by Crippen LogP contribution is -2.13. The summed E-state index contributed by atoms with van der Waals surface area (Å²) in [6, 6.07) is 23.1. The van der Waals surface area contributed by atoms with Crippen molar-refractivity contribution in [3.8, 4) is 22.8 Å². The number of hydrogen-bond acceptors (Lipinski definition) is 3. The normalized spacial score (nSPS) is 10.6. The van der Waals surface area contributed by atoms with Gasteiger partial charge in [0.2, 0.25) is 5.89 Å². The molecule has 0 aliphatic heterocycles. The molecule has 0 fully saturated rings. The number of oxazole rings is 1. The van der Waals surface area contributed by atoms with Gasteiger partial charge in [-0.2, -0.15) is 0 Å². The van der Waals surface area contributed by atoms with Crippen molar-refractivity contribution in [3.05, 3.63) is 95.7 Å². The van der Waals surface area contributed by atoms with Crippen molar-refractivity contribution in [2.24, 2.45) is 0 Å². The molecule has 4 aromatic rings. The smallest absolute Gasteiger partial charge is 0.256 e. The van der Waals surface area contributed by atoms with Gasteiger partial charge in [-0.3, -0.25) is 4.79 Å². The number of benzene rings is 3. The summed E-state index contributed by atoms with van der Waals surface area (Å²) in [5, 5.41) is 2.98. The van der Waals surface area contributed by atoms with Crippen molar-refractivity contribution >= 4 is 11.6 Å². The second-order valence-corrected chi connectivity index (χ2v) is 6.77. The Balaban J connectivity index is 1.66. The third kappa shape index (κ3) is 3.71. The number of aryl methyl sites for hydroxylation is 2. The van der Waals surface area contributed by atoms with Crippen LogP contribution in [0.5, 0.6) is 0 Å². The van der Waals surface area contributed by atoms with Crippen molar-refractivity contribution in [3.63, 3.8) is 0 Å². The van der Waals surface area contributed by atoms with Gasteiger partial charge in [-0.05, 0) is 49.2 Å². The first-order chi connectivity index (χ1) is 13.6. The third-order valence-corrected chi connectivity index (χ3v) is 4.45. The number of aromatic nitrogens is 1. The summed E-state index contributed by atoms with van der Waals surface area (Å²) in [4.78, 5) is 17.3. The van der Waals surface area contributed by atoms with E-state index in [-0.39, 0.29) is 5.91 Å². The highest BCUT2D eigenvalue weighted by molar-refractivity contribution is 6.08. The average Bonchev–Trinajstić information content (AvgIpc) is 3.18. The molecule has 4 heteroatoms. The topological polar surface area (TPSA) is 55.1 Å². The van der Waals surface area contributed by atoms with Gasteiger partial charge in [0.25, 0.3) is 5.91 Å². The van der Waals surface area contributed by atoms with Crippen LogP contribution in [0.2, 0.25) is 0 Å². The molecule has 0 saturated heterocycles. The van der Waals surface area contributed by atoms with Crippen LogP contribution < -0.4 is 5.32 Å². The first-order valence-electron chi connectivity index (χ1n) is 9.10. The molecular formula is C24H20N2O2. The van der Waals surface area contributed by atoms with E-state index in [1.807, 2.05) is 74.5 Å². The fraction of sp³-hybridized carbons (Fsp3) is 0.0833. The molecule has 28 heavy (non-hydrogen) atoms. The predicted octanol–water partition coefficient (Wildman–Crippen LogP) is 5.88. The highest BCUT2D eigenvalue weighted by Crippen LogP contribution is 2.28. The second kappa shape index (κ2) is 7.53. The van der Waals surface area contributed by atoms with E-state index in [0.29, 0.717) is 22.8 Å². The van der Waals surface area contributed by atoms with Crippen molar-refractivity contribution in [2.75, 3.05) is 5.32 Å². The summed E-state index contributed by atoms with van der Waals surface area (Å²) in [6.07, 6.45) is 1.68. The van der Waals surface area contributed by atoms with Crippen LogP contribution in [0.15, 0.2) is 83.4 Å². The zero-order chi connectivity index (χ0) is 19.5. The Morgan fingerprint density at radius 1 is 0.893 bits per heavy atom. The molecule has 0 saturated carbocycles. The maximum atomic E-state index is 12.9. The van der Waals surface area contributed by atoms with Crippen LogP contribution in [0.3, 0.4) is 0 Å². The Morgan fingerprint density at radius 2 is 1.57 bits per heavy atom. The van der Waals surface area contributed by atoms with Gasteiger partial charge in [-0.25, -0.2) is 4.98 Å². The maximum Gasteiger partial charge on any atom is 0.256 e. The van der Waals surface area contributed by atoms with Crippen molar-refractivity contribution in [1.29, 1.82) is 0 Å². The number of carbonyl (C=O) groups is 1. The molecule has 0 aliphatic carbocycles. The van der Waals surface area contributed by atoms with Gasteiger partial charge in [0.05, 0.1) is 11.8 Å². The summed E-state index contributed by atoms with van der Waals surface area (Å²) in [5.74, 6) is 0.894. The van der Waals surface area contributed by atoms with Gasteiger partial charge in [-0.1, -0.05) is 48.5 Å². The summed E-state index contributed by atoms with van der Waals surface area (Å²) in [7, 11) is 0. The monoisotopic (exact) mass is 368 g/mol. The molecule has 4 rings (SSSR count). The van der Waals surface area contributed by atoms with Crippen LogP contribution in [0, 0.1) is 13.8 Å². The van der Waals surface area contributed by atoms with Crippen LogP contribution in [0.25, 0.3) is 22.8 Å². The third-order valence-electron chi connectivity index (χ3n) is 4.45. The van der Waals surface area contributed by atoms with Crippen LogP contribution in [0.4, 0.5) is 5.69 Å². The van der Waals surface area contributed by atoms with E-state index in [0.717, 1.165) is 22.4 Å². The molecule has 1 aromatic heterocycles. The molecule has 0 unspecified atom stereocenters. The molecular weight excluding hydrogens is 348 g/mol. The summed E-state index contributed by atoms with van der Waals surface area (Å²) in [5.41, 5.74) is 5.09. The van der Waals surface area contributed by atoms with E-state index < -0.39 is 0 Å². The van der Waals surface area contributed by atoms with Gasteiger partial charge in [0.1, 0.15) is 0 Å². The Labute approximate surface area is 163 Å². The van der Waals surface area contributed by atoms with Crippen LogP contribution >= 0.6 is 0 Å². The average molecular weight is 368 g/mol. The first-order valence-corrected chi connectivity index (χ1v) is 9.10. The minimum Gasteiger partial charge on any atom is -0.436 e. The molecule has 1 heterocycles. The lowest BCUT2D eigenvalue weighted by molar-refractivity contribution is 0.102. The highest BCUT2D eigenvalue weighted by Gasteiger charge is 2.17. The van der Waals surface area contributed by atoms with Gasteiger partial charge in [-0.15, -0.1) is 0 Å². The zero-order valence-corrected chi connectivity index (χ0v) is 15.8.